The average molecular weight is 223 g/mol. The summed E-state index contributed by atoms with van der Waals surface area (Å²) in [4.78, 5) is 0. The smallest absolute Gasteiger partial charge is 0.134 e. The summed E-state index contributed by atoms with van der Waals surface area (Å²) in [6, 6.07) is 9.27. The Morgan fingerprint density at radius 3 is 2.73 bits per heavy atom. The molecule has 0 saturated heterocycles. The van der Waals surface area contributed by atoms with E-state index in [-0.39, 0.29) is 6.61 Å². The van der Waals surface area contributed by atoms with Gasteiger partial charge < -0.3 is 9.52 Å². The van der Waals surface area contributed by atoms with Crippen LogP contribution in [0.15, 0.2) is 34.7 Å². The molecule has 0 bridgehead atoms. The van der Waals surface area contributed by atoms with Crippen molar-refractivity contribution < 1.29 is 9.52 Å². The summed E-state index contributed by atoms with van der Waals surface area (Å²) in [7, 11) is 0. The molecule has 15 heavy (non-hydrogen) atoms. The molecule has 0 radical (unpaired) electrons. The van der Waals surface area contributed by atoms with E-state index in [0.29, 0.717) is 5.76 Å². The van der Waals surface area contributed by atoms with Crippen LogP contribution in [-0.2, 0) is 6.61 Å². The number of furan rings is 1. The molecule has 78 valence electrons. The molecule has 1 heterocycles. The fraction of sp³-hybridized carbons (Fsp3) is 0.167. The lowest BCUT2D eigenvalue weighted by Gasteiger charge is -2.03. The molecule has 0 unspecified atom stereocenters. The van der Waals surface area contributed by atoms with Gasteiger partial charge >= 0.3 is 0 Å². The Labute approximate surface area is 93.1 Å². The lowest BCUT2D eigenvalue weighted by atomic mass is 10.1. The molecule has 0 aliphatic rings. The van der Waals surface area contributed by atoms with Crippen molar-refractivity contribution in [3.63, 3.8) is 0 Å². The Morgan fingerprint density at radius 2 is 2.07 bits per heavy atom. The molecule has 3 heteroatoms. The highest BCUT2D eigenvalue weighted by Crippen LogP contribution is 2.29. The zero-order valence-corrected chi connectivity index (χ0v) is 9.08. The maximum Gasteiger partial charge on any atom is 0.134 e. The molecule has 0 spiro atoms. The fourth-order valence-corrected chi connectivity index (χ4v) is 1.66. The molecule has 2 nitrogen and oxygen atoms in total. The Morgan fingerprint density at radius 1 is 1.27 bits per heavy atom. The SMILES string of the molecule is Cc1c(Cl)cccc1-c1ccc(CO)o1. The average Bonchev–Trinajstić information content (AvgIpc) is 2.70. The van der Waals surface area contributed by atoms with Crippen LogP contribution in [0.5, 0.6) is 0 Å². The minimum Gasteiger partial charge on any atom is -0.459 e. The van der Waals surface area contributed by atoms with E-state index in [2.05, 4.69) is 0 Å². The summed E-state index contributed by atoms with van der Waals surface area (Å²) in [6.45, 7) is 1.86. The molecule has 0 aliphatic heterocycles. The Hall–Kier alpha value is -1.25. The van der Waals surface area contributed by atoms with E-state index in [1.807, 2.05) is 31.2 Å². The number of halogens is 1. The van der Waals surface area contributed by atoms with Crippen LogP contribution in [0.25, 0.3) is 11.3 Å². The number of hydrogen-bond donors (Lipinski definition) is 1. The number of benzene rings is 1. The number of aliphatic hydroxyl groups is 1. The largest absolute Gasteiger partial charge is 0.459 e. The second-order valence-electron chi connectivity index (χ2n) is 3.34. The molecule has 1 aromatic carbocycles. The predicted molar refractivity (Wildman–Crippen MR) is 59.8 cm³/mol. The molecule has 2 rings (SSSR count). The van der Waals surface area contributed by atoms with Gasteiger partial charge in [0.25, 0.3) is 0 Å². The predicted octanol–water partition coefficient (Wildman–Crippen LogP) is 3.40. The van der Waals surface area contributed by atoms with E-state index in [9.17, 15) is 0 Å². The van der Waals surface area contributed by atoms with Crippen LogP contribution in [0.1, 0.15) is 11.3 Å². The normalized spacial score (nSPS) is 10.6. The molecule has 0 fully saturated rings. The fourth-order valence-electron chi connectivity index (χ4n) is 1.48. The van der Waals surface area contributed by atoms with Crippen molar-refractivity contribution in [3.8, 4) is 11.3 Å². The van der Waals surface area contributed by atoms with Crippen molar-refractivity contribution in [1.29, 1.82) is 0 Å². The van der Waals surface area contributed by atoms with E-state index in [1.165, 1.54) is 0 Å². The van der Waals surface area contributed by atoms with Crippen molar-refractivity contribution in [3.05, 3.63) is 46.7 Å². The Bertz CT molecular complexity index is 474. The highest BCUT2D eigenvalue weighted by atomic mass is 35.5. The summed E-state index contributed by atoms with van der Waals surface area (Å²) in [5, 5.41) is 9.62. The molecule has 0 saturated carbocycles. The molecule has 0 amide bonds. The Kier molecular flexibility index (Phi) is 2.80. The van der Waals surface area contributed by atoms with Crippen LogP contribution in [0.2, 0.25) is 5.02 Å². The van der Waals surface area contributed by atoms with E-state index >= 15 is 0 Å². The van der Waals surface area contributed by atoms with Gasteiger partial charge in [-0.1, -0.05) is 23.7 Å². The van der Waals surface area contributed by atoms with Gasteiger partial charge in [0.15, 0.2) is 0 Å². The maximum atomic E-state index is 8.90. The van der Waals surface area contributed by atoms with Gasteiger partial charge in [-0.2, -0.15) is 0 Å². The molecule has 0 aliphatic carbocycles. The molecular formula is C12H11ClO2. The number of aliphatic hydroxyl groups excluding tert-OH is 1. The number of rotatable bonds is 2. The minimum absolute atomic E-state index is 0.0837. The zero-order chi connectivity index (χ0) is 10.8. The third-order valence-corrected chi connectivity index (χ3v) is 2.76. The first-order valence-electron chi connectivity index (χ1n) is 4.67. The van der Waals surface area contributed by atoms with Gasteiger partial charge in [0.05, 0.1) is 0 Å². The van der Waals surface area contributed by atoms with Gasteiger partial charge in [0, 0.05) is 10.6 Å². The summed E-state index contributed by atoms with van der Waals surface area (Å²) < 4.78 is 5.45. The lowest BCUT2D eigenvalue weighted by Crippen LogP contribution is -1.82. The molecule has 0 atom stereocenters. The van der Waals surface area contributed by atoms with Crippen LogP contribution in [-0.4, -0.2) is 5.11 Å². The van der Waals surface area contributed by atoms with E-state index in [4.69, 9.17) is 21.1 Å². The summed E-state index contributed by atoms with van der Waals surface area (Å²) in [5.74, 6) is 1.29. The first-order valence-corrected chi connectivity index (χ1v) is 5.05. The third-order valence-electron chi connectivity index (χ3n) is 2.35. The standard InChI is InChI=1S/C12H11ClO2/c1-8-10(3-2-4-11(8)13)12-6-5-9(7-14)15-12/h2-6,14H,7H2,1H3. The van der Waals surface area contributed by atoms with Gasteiger partial charge in [-0.15, -0.1) is 0 Å². The van der Waals surface area contributed by atoms with Gasteiger partial charge in [0.2, 0.25) is 0 Å². The quantitative estimate of drug-likeness (QED) is 0.845. The summed E-state index contributed by atoms with van der Waals surface area (Å²) in [6.07, 6.45) is 0. The lowest BCUT2D eigenvalue weighted by molar-refractivity contribution is 0.248. The first-order chi connectivity index (χ1) is 7.22. The van der Waals surface area contributed by atoms with Crippen molar-refractivity contribution >= 4 is 11.6 Å². The van der Waals surface area contributed by atoms with E-state index in [1.54, 1.807) is 6.07 Å². The second-order valence-corrected chi connectivity index (χ2v) is 3.74. The molecule has 1 N–H and O–H groups in total. The van der Waals surface area contributed by atoms with Crippen LogP contribution >= 0.6 is 11.6 Å². The van der Waals surface area contributed by atoms with Gasteiger partial charge in [0.1, 0.15) is 18.1 Å². The maximum absolute atomic E-state index is 8.90. The second kappa shape index (κ2) is 4.09. The van der Waals surface area contributed by atoms with Gasteiger partial charge in [-0.25, -0.2) is 0 Å². The first kappa shape index (κ1) is 10.3. The Balaban J connectivity index is 2.49. The zero-order valence-electron chi connectivity index (χ0n) is 8.33. The molecular weight excluding hydrogens is 212 g/mol. The van der Waals surface area contributed by atoms with Crippen molar-refractivity contribution in [2.45, 2.75) is 13.5 Å². The van der Waals surface area contributed by atoms with E-state index < -0.39 is 0 Å². The van der Waals surface area contributed by atoms with Crippen molar-refractivity contribution in [2.75, 3.05) is 0 Å². The van der Waals surface area contributed by atoms with Crippen LogP contribution in [0, 0.1) is 6.92 Å². The van der Waals surface area contributed by atoms with Crippen molar-refractivity contribution in [2.24, 2.45) is 0 Å². The highest BCUT2D eigenvalue weighted by Gasteiger charge is 2.08. The molecule has 1 aromatic heterocycles. The third kappa shape index (κ3) is 1.91. The monoisotopic (exact) mass is 222 g/mol. The van der Waals surface area contributed by atoms with Gasteiger partial charge in [-0.3, -0.25) is 0 Å². The van der Waals surface area contributed by atoms with Crippen LogP contribution < -0.4 is 0 Å². The summed E-state index contributed by atoms with van der Waals surface area (Å²) in [5.41, 5.74) is 1.94. The van der Waals surface area contributed by atoms with Crippen LogP contribution in [0.3, 0.4) is 0 Å². The number of hydrogen-bond acceptors (Lipinski definition) is 2. The minimum atomic E-state index is -0.0837. The highest BCUT2D eigenvalue weighted by molar-refractivity contribution is 6.31. The van der Waals surface area contributed by atoms with Crippen molar-refractivity contribution in [1.82, 2.24) is 0 Å². The van der Waals surface area contributed by atoms with E-state index in [0.717, 1.165) is 21.9 Å². The van der Waals surface area contributed by atoms with Crippen LogP contribution in [0.4, 0.5) is 0 Å². The topological polar surface area (TPSA) is 33.4 Å². The summed E-state index contributed by atoms with van der Waals surface area (Å²) >= 11 is 6.01. The molecule has 2 aromatic rings. The van der Waals surface area contributed by atoms with Gasteiger partial charge in [-0.05, 0) is 30.7 Å².